The van der Waals surface area contributed by atoms with Gasteiger partial charge in [-0.1, -0.05) is 32.1 Å². The van der Waals surface area contributed by atoms with Crippen LogP contribution in [-0.2, 0) is 14.3 Å². The molecule has 1 aromatic rings. The second-order valence-electron chi connectivity index (χ2n) is 4.49. The van der Waals surface area contributed by atoms with Crippen molar-refractivity contribution in [2.75, 3.05) is 6.61 Å². The van der Waals surface area contributed by atoms with Gasteiger partial charge in [0.15, 0.2) is 0 Å². The molecule has 0 heterocycles. The smallest absolute Gasteiger partial charge is 0.346 e. The van der Waals surface area contributed by atoms with Gasteiger partial charge >= 0.3 is 17.9 Å². The van der Waals surface area contributed by atoms with E-state index in [2.05, 4.69) is 11.3 Å². The molecule has 0 spiro atoms. The minimum atomic E-state index is -0.897. The summed E-state index contributed by atoms with van der Waals surface area (Å²) in [5.41, 5.74) is 0.174. The first-order valence-corrected chi connectivity index (χ1v) is 6.65. The van der Waals surface area contributed by atoms with Gasteiger partial charge in [-0.25, -0.2) is 14.4 Å². The van der Waals surface area contributed by atoms with Crippen molar-refractivity contribution in [3.05, 3.63) is 47.5 Å². The average molecular weight is 290 g/mol. The predicted octanol–water partition coefficient (Wildman–Crippen LogP) is 2.90. The van der Waals surface area contributed by atoms with Crippen molar-refractivity contribution < 1.29 is 23.9 Å². The summed E-state index contributed by atoms with van der Waals surface area (Å²) >= 11 is 0. The summed E-state index contributed by atoms with van der Waals surface area (Å²) in [5.74, 6) is -2.33. The SMILES string of the molecule is C=C(C)C(=O)OC(=O)c1ccccc1C(=O)OCCCC. The van der Waals surface area contributed by atoms with Crippen molar-refractivity contribution in [3.8, 4) is 0 Å². The highest BCUT2D eigenvalue weighted by molar-refractivity contribution is 6.07. The van der Waals surface area contributed by atoms with Gasteiger partial charge in [-0.15, -0.1) is 0 Å². The van der Waals surface area contributed by atoms with Crippen LogP contribution >= 0.6 is 0 Å². The summed E-state index contributed by atoms with van der Waals surface area (Å²) in [6.45, 7) is 7.08. The van der Waals surface area contributed by atoms with Gasteiger partial charge in [-0.3, -0.25) is 0 Å². The normalized spacial score (nSPS) is 9.81. The number of ether oxygens (including phenoxy) is 2. The Bertz CT molecular complexity index is 560. The van der Waals surface area contributed by atoms with Crippen LogP contribution in [0.4, 0.5) is 0 Å². The Balaban J connectivity index is 2.88. The van der Waals surface area contributed by atoms with Gasteiger partial charge in [0, 0.05) is 5.57 Å². The molecule has 1 aromatic carbocycles. The number of esters is 3. The predicted molar refractivity (Wildman–Crippen MR) is 76.9 cm³/mol. The van der Waals surface area contributed by atoms with E-state index in [0.717, 1.165) is 12.8 Å². The van der Waals surface area contributed by atoms with E-state index in [1.54, 1.807) is 12.1 Å². The van der Waals surface area contributed by atoms with E-state index in [1.165, 1.54) is 19.1 Å². The highest BCUT2D eigenvalue weighted by Gasteiger charge is 2.21. The van der Waals surface area contributed by atoms with E-state index < -0.39 is 17.9 Å². The number of hydrogen-bond donors (Lipinski definition) is 0. The number of carbonyl (C=O) groups excluding carboxylic acids is 3. The van der Waals surface area contributed by atoms with Crippen LogP contribution < -0.4 is 0 Å². The minimum absolute atomic E-state index is 0.00593. The Morgan fingerprint density at radius 3 is 2.19 bits per heavy atom. The third-order valence-electron chi connectivity index (χ3n) is 2.63. The monoisotopic (exact) mass is 290 g/mol. The Labute approximate surface area is 123 Å². The quantitative estimate of drug-likeness (QED) is 0.349. The first-order chi connectivity index (χ1) is 9.97. The van der Waals surface area contributed by atoms with Crippen LogP contribution in [0.5, 0.6) is 0 Å². The van der Waals surface area contributed by atoms with Crippen LogP contribution in [0, 0.1) is 0 Å². The molecular weight excluding hydrogens is 272 g/mol. The van der Waals surface area contributed by atoms with Gasteiger partial charge in [0.25, 0.3) is 0 Å². The number of carbonyl (C=O) groups is 3. The fraction of sp³-hybridized carbons (Fsp3) is 0.312. The molecule has 0 amide bonds. The first-order valence-electron chi connectivity index (χ1n) is 6.65. The number of rotatable bonds is 6. The molecule has 0 unspecified atom stereocenters. The number of hydrogen-bond acceptors (Lipinski definition) is 5. The molecule has 0 atom stereocenters. The molecule has 0 saturated heterocycles. The summed E-state index contributed by atoms with van der Waals surface area (Å²) in [7, 11) is 0. The fourth-order valence-corrected chi connectivity index (χ4v) is 1.45. The molecule has 0 N–H and O–H groups in total. The number of unbranched alkanes of at least 4 members (excludes halogenated alkanes) is 1. The van der Waals surface area contributed by atoms with E-state index in [9.17, 15) is 14.4 Å². The van der Waals surface area contributed by atoms with Crippen LogP contribution in [-0.4, -0.2) is 24.5 Å². The summed E-state index contributed by atoms with van der Waals surface area (Å²) in [4.78, 5) is 35.2. The lowest BCUT2D eigenvalue weighted by atomic mass is 10.1. The molecule has 1 rings (SSSR count). The minimum Gasteiger partial charge on any atom is -0.462 e. The van der Waals surface area contributed by atoms with Crippen molar-refractivity contribution in [2.45, 2.75) is 26.7 Å². The Kier molecular flexibility index (Phi) is 6.33. The zero-order valence-corrected chi connectivity index (χ0v) is 12.2. The van der Waals surface area contributed by atoms with Crippen molar-refractivity contribution in [2.24, 2.45) is 0 Å². The molecule has 0 bridgehead atoms. The van der Waals surface area contributed by atoms with E-state index in [-0.39, 0.29) is 23.3 Å². The molecular formula is C16H18O5. The van der Waals surface area contributed by atoms with Crippen molar-refractivity contribution in [3.63, 3.8) is 0 Å². The summed E-state index contributed by atoms with van der Waals surface area (Å²) in [6, 6.07) is 6.04. The molecule has 0 aliphatic rings. The van der Waals surface area contributed by atoms with Crippen molar-refractivity contribution >= 4 is 17.9 Å². The van der Waals surface area contributed by atoms with E-state index in [0.29, 0.717) is 0 Å². The zero-order valence-electron chi connectivity index (χ0n) is 12.2. The maximum Gasteiger partial charge on any atom is 0.346 e. The van der Waals surface area contributed by atoms with Crippen LogP contribution in [0.3, 0.4) is 0 Å². The maximum atomic E-state index is 11.9. The van der Waals surface area contributed by atoms with Crippen LogP contribution in [0.1, 0.15) is 47.4 Å². The van der Waals surface area contributed by atoms with Gasteiger partial charge in [0.2, 0.25) is 0 Å². The van der Waals surface area contributed by atoms with Crippen LogP contribution in [0.2, 0.25) is 0 Å². The fourth-order valence-electron chi connectivity index (χ4n) is 1.45. The second kappa shape index (κ2) is 7.99. The summed E-state index contributed by atoms with van der Waals surface area (Å²) in [6.07, 6.45) is 1.64. The van der Waals surface area contributed by atoms with Crippen LogP contribution in [0.15, 0.2) is 36.4 Å². The van der Waals surface area contributed by atoms with Gasteiger partial charge in [-0.2, -0.15) is 0 Å². The molecule has 0 radical (unpaired) electrons. The lowest BCUT2D eigenvalue weighted by Gasteiger charge is -2.08. The Hall–Kier alpha value is -2.43. The standard InChI is InChI=1S/C16H18O5/c1-4-5-10-20-15(18)12-8-6-7-9-13(12)16(19)21-14(17)11(2)3/h6-9H,2,4-5,10H2,1,3H3. The van der Waals surface area contributed by atoms with Crippen molar-refractivity contribution in [1.82, 2.24) is 0 Å². The average Bonchev–Trinajstić information content (AvgIpc) is 2.47. The van der Waals surface area contributed by atoms with Crippen LogP contribution in [0.25, 0.3) is 0 Å². The Morgan fingerprint density at radius 2 is 1.67 bits per heavy atom. The topological polar surface area (TPSA) is 69.7 Å². The van der Waals surface area contributed by atoms with E-state index in [1.807, 2.05) is 6.92 Å². The van der Waals surface area contributed by atoms with Crippen molar-refractivity contribution in [1.29, 1.82) is 0 Å². The molecule has 0 aromatic heterocycles. The number of benzene rings is 1. The second-order valence-corrected chi connectivity index (χ2v) is 4.49. The van der Waals surface area contributed by atoms with Gasteiger partial charge in [0.05, 0.1) is 17.7 Å². The molecule has 0 aliphatic carbocycles. The van der Waals surface area contributed by atoms with Gasteiger partial charge in [-0.05, 0) is 25.5 Å². The lowest BCUT2D eigenvalue weighted by Crippen LogP contribution is -2.17. The molecule has 21 heavy (non-hydrogen) atoms. The largest absolute Gasteiger partial charge is 0.462 e. The zero-order chi connectivity index (χ0) is 15.8. The molecule has 0 fully saturated rings. The highest BCUT2D eigenvalue weighted by Crippen LogP contribution is 2.13. The molecule has 5 nitrogen and oxygen atoms in total. The molecule has 112 valence electrons. The van der Waals surface area contributed by atoms with Gasteiger partial charge in [0.1, 0.15) is 0 Å². The van der Waals surface area contributed by atoms with Gasteiger partial charge < -0.3 is 9.47 Å². The maximum absolute atomic E-state index is 11.9. The third-order valence-corrected chi connectivity index (χ3v) is 2.63. The highest BCUT2D eigenvalue weighted by atomic mass is 16.6. The molecule has 0 saturated carbocycles. The summed E-state index contributed by atoms with van der Waals surface area (Å²) in [5, 5.41) is 0. The summed E-state index contributed by atoms with van der Waals surface area (Å²) < 4.78 is 9.69. The Morgan fingerprint density at radius 1 is 1.10 bits per heavy atom. The lowest BCUT2D eigenvalue weighted by molar-refractivity contribution is -0.133. The first kappa shape index (κ1) is 16.6. The van der Waals surface area contributed by atoms with E-state index in [4.69, 9.17) is 4.74 Å². The molecule has 5 heteroatoms. The third kappa shape index (κ3) is 4.87. The molecule has 0 aliphatic heterocycles. The van der Waals surface area contributed by atoms with E-state index >= 15 is 0 Å².